The van der Waals surface area contributed by atoms with Crippen LogP contribution in [0.3, 0.4) is 0 Å². The molecule has 0 spiro atoms. The number of hydrogen-bond acceptors (Lipinski definition) is 4. The molecule has 6 heteroatoms. The molecule has 142 valence electrons. The Hall–Kier alpha value is -2.34. The van der Waals surface area contributed by atoms with Crippen LogP contribution in [0.2, 0.25) is 0 Å². The molecular formula is C21H23ClN2O3. The van der Waals surface area contributed by atoms with Gasteiger partial charge in [-0.05, 0) is 30.5 Å². The van der Waals surface area contributed by atoms with E-state index in [0.29, 0.717) is 18.7 Å². The molecule has 27 heavy (non-hydrogen) atoms. The summed E-state index contributed by atoms with van der Waals surface area (Å²) in [6.45, 7) is 0.440. The number of rotatable bonds is 5. The smallest absolute Gasteiger partial charge is 0.250 e. The molecular weight excluding hydrogens is 364 g/mol. The number of para-hydroxylation sites is 1. The highest BCUT2D eigenvalue weighted by molar-refractivity contribution is 5.85. The molecule has 0 radical (unpaired) electrons. The lowest BCUT2D eigenvalue weighted by atomic mass is 10.0. The third kappa shape index (κ3) is 4.16. The number of halogens is 1. The van der Waals surface area contributed by atoms with Gasteiger partial charge in [-0.25, -0.2) is 0 Å². The highest BCUT2D eigenvalue weighted by Crippen LogP contribution is 2.29. The van der Waals surface area contributed by atoms with Gasteiger partial charge < -0.3 is 20.2 Å². The summed E-state index contributed by atoms with van der Waals surface area (Å²) >= 11 is 0. The molecule has 1 saturated heterocycles. The predicted octanol–water partition coefficient (Wildman–Crippen LogP) is 3.57. The quantitative estimate of drug-likeness (QED) is 0.702. The molecule has 1 fully saturated rings. The summed E-state index contributed by atoms with van der Waals surface area (Å²) in [5.74, 6) is 0.578. The van der Waals surface area contributed by atoms with E-state index in [-0.39, 0.29) is 30.5 Å². The minimum atomic E-state index is -0.459. The molecule has 2 heterocycles. The molecule has 3 aromatic rings. The van der Waals surface area contributed by atoms with Crippen LogP contribution in [0.5, 0.6) is 0 Å². The van der Waals surface area contributed by atoms with Crippen molar-refractivity contribution >= 4 is 29.3 Å². The summed E-state index contributed by atoms with van der Waals surface area (Å²) in [6.07, 6.45) is 1.01. The fourth-order valence-electron chi connectivity index (χ4n) is 3.42. The van der Waals surface area contributed by atoms with E-state index in [2.05, 4.69) is 5.32 Å². The first-order valence-electron chi connectivity index (χ1n) is 8.94. The highest BCUT2D eigenvalue weighted by atomic mass is 35.5. The Labute approximate surface area is 164 Å². The number of amides is 1. The van der Waals surface area contributed by atoms with Crippen molar-refractivity contribution in [2.24, 2.45) is 5.73 Å². The second kappa shape index (κ2) is 8.57. The lowest BCUT2D eigenvalue weighted by Gasteiger charge is -2.20. The lowest BCUT2D eigenvalue weighted by Crippen LogP contribution is -2.38. The van der Waals surface area contributed by atoms with E-state index in [1.54, 1.807) is 0 Å². The van der Waals surface area contributed by atoms with Crippen molar-refractivity contribution in [2.45, 2.75) is 31.1 Å². The molecule has 4 rings (SSSR count). The van der Waals surface area contributed by atoms with Crippen LogP contribution in [0, 0.1) is 0 Å². The van der Waals surface area contributed by atoms with Crippen molar-refractivity contribution in [2.75, 3.05) is 6.54 Å². The molecule has 0 saturated carbocycles. The first-order valence-corrected chi connectivity index (χ1v) is 8.94. The average Bonchev–Trinajstić information content (AvgIpc) is 3.33. The highest BCUT2D eigenvalue weighted by Gasteiger charge is 2.32. The Bertz CT molecular complexity index is 864. The topological polar surface area (TPSA) is 77.5 Å². The largest absolute Gasteiger partial charge is 0.459 e. The first kappa shape index (κ1) is 19.4. The first-order chi connectivity index (χ1) is 12.7. The van der Waals surface area contributed by atoms with Gasteiger partial charge in [0, 0.05) is 11.9 Å². The molecule has 1 aromatic heterocycles. The minimum absolute atomic E-state index is 0. The van der Waals surface area contributed by atoms with Gasteiger partial charge in [-0.3, -0.25) is 4.79 Å². The summed E-state index contributed by atoms with van der Waals surface area (Å²) in [5, 5.41) is 4.11. The number of nitrogens with two attached hydrogens (primary N) is 1. The maximum Gasteiger partial charge on any atom is 0.250 e. The van der Waals surface area contributed by atoms with E-state index >= 15 is 0 Å². The third-order valence-corrected chi connectivity index (χ3v) is 4.81. The van der Waals surface area contributed by atoms with Crippen molar-refractivity contribution in [3.05, 3.63) is 72.0 Å². The molecule has 1 unspecified atom stereocenters. The lowest BCUT2D eigenvalue weighted by molar-refractivity contribution is -0.132. The SMILES string of the molecule is Cl.NC[C@H]1CC[C@@H](C(=O)NC(c2ccccc2)c2cc3ccccc3o2)O1. The fourth-order valence-corrected chi connectivity index (χ4v) is 3.42. The zero-order valence-electron chi connectivity index (χ0n) is 14.8. The summed E-state index contributed by atoms with van der Waals surface area (Å²) in [5.41, 5.74) is 7.42. The minimum Gasteiger partial charge on any atom is -0.459 e. The van der Waals surface area contributed by atoms with Crippen LogP contribution in [0.1, 0.15) is 30.2 Å². The molecule has 3 N–H and O–H groups in total. The van der Waals surface area contributed by atoms with Crippen LogP contribution in [0.15, 0.2) is 65.1 Å². The standard InChI is InChI=1S/C21H22N2O3.ClH/c22-13-16-10-11-18(25-16)21(24)23-20(14-6-2-1-3-7-14)19-12-15-8-4-5-9-17(15)26-19;/h1-9,12,16,18,20H,10-11,13,22H2,(H,23,24);1H/t16-,18+,20?;/m1./s1. The van der Waals surface area contributed by atoms with Crippen molar-refractivity contribution in [1.82, 2.24) is 5.32 Å². The van der Waals surface area contributed by atoms with Crippen LogP contribution in [-0.4, -0.2) is 24.7 Å². The van der Waals surface area contributed by atoms with Gasteiger partial charge in [0.1, 0.15) is 23.5 Å². The van der Waals surface area contributed by atoms with Gasteiger partial charge in [0.15, 0.2) is 0 Å². The Balaban J connectivity index is 0.00000210. The number of ether oxygens (including phenoxy) is 1. The van der Waals surface area contributed by atoms with Crippen molar-refractivity contribution in [3.63, 3.8) is 0 Å². The zero-order chi connectivity index (χ0) is 17.9. The summed E-state index contributed by atoms with van der Waals surface area (Å²) in [6, 6.07) is 19.3. The summed E-state index contributed by atoms with van der Waals surface area (Å²) in [4.78, 5) is 12.8. The van der Waals surface area contributed by atoms with Gasteiger partial charge in [-0.1, -0.05) is 48.5 Å². The molecule has 1 aliphatic heterocycles. The Morgan fingerprint density at radius 2 is 1.85 bits per heavy atom. The maximum atomic E-state index is 12.8. The monoisotopic (exact) mass is 386 g/mol. The van der Waals surface area contributed by atoms with Crippen LogP contribution in [0.4, 0.5) is 0 Å². The van der Waals surface area contributed by atoms with E-state index in [1.165, 1.54) is 0 Å². The molecule has 5 nitrogen and oxygen atoms in total. The second-order valence-electron chi connectivity index (χ2n) is 6.60. The van der Waals surface area contributed by atoms with Gasteiger partial charge >= 0.3 is 0 Å². The third-order valence-electron chi connectivity index (χ3n) is 4.81. The average molecular weight is 387 g/mol. The second-order valence-corrected chi connectivity index (χ2v) is 6.60. The van der Waals surface area contributed by atoms with Crippen LogP contribution < -0.4 is 11.1 Å². The number of nitrogens with one attached hydrogen (secondary N) is 1. The zero-order valence-corrected chi connectivity index (χ0v) is 15.7. The van der Waals surface area contributed by atoms with E-state index in [9.17, 15) is 4.79 Å². The molecule has 1 aliphatic rings. The van der Waals surface area contributed by atoms with Gasteiger partial charge in [0.2, 0.25) is 5.91 Å². The fraction of sp³-hybridized carbons (Fsp3) is 0.286. The summed E-state index contributed by atoms with van der Waals surface area (Å²) < 4.78 is 11.8. The number of benzene rings is 2. The van der Waals surface area contributed by atoms with Crippen molar-refractivity contribution in [1.29, 1.82) is 0 Å². The molecule has 0 aliphatic carbocycles. The van der Waals surface area contributed by atoms with Crippen LogP contribution in [-0.2, 0) is 9.53 Å². The van der Waals surface area contributed by atoms with E-state index in [0.717, 1.165) is 23.0 Å². The van der Waals surface area contributed by atoms with Gasteiger partial charge in [-0.15, -0.1) is 12.4 Å². The number of furan rings is 1. The molecule has 2 aromatic carbocycles. The number of hydrogen-bond donors (Lipinski definition) is 2. The molecule has 1 amide bonds. The number of fused-ring (bicyclic) bond motifs is 1. The van der Waals surface area contributed by atoms with E-state index < -0.39 is 6.10 Å². The van der Waals surface area contributed by atoms with Crippen molar-refractivity contribution < 1.29 is 13.9 Å². The Morgan fingerprint density at radius 3 is 2.56 bits per heavy atom. The molecule has 0 bridgehead atoms. The molecule has 3 atom stereocenters. The van der Waals surface area contributed by atoms with Crippen LogP contribution >= 0.6 is 12.4 Å². The Kier molecular flexibility index (Phi) is 6.16. The van der Waals surface area contributed by atoms with Gasteiger partial charge in [0.05, 0.1) is 6.10 Å². The Morgan fingerprint density at radius 1 is 1.11 bits per heavy atom. The van der Waals surface area contributed by atoms with Crippen LogP contribution in [0.25, 0.3) is 11.0 Å². The normalized spacial score (nSPS) is 20.2. The van der Waals surface area contributed by atoms with E-state index in [4.69, 9.17) is 14.9 Å². The van der Waals surface area contributed by atoms with Crippen molar-refractivity contribution in [3.8, 4) is 0 Å². The number of carbonyl (C=O) groups excluding carboxylic acids is 1. The predicted molar refractivity (Wildman–Crippen MR) is 107 cm³/mol. The van der Waals surface area contributed by atoms with Gasteiger partial charge in [-0.2, -0.15) is 0 Å². The van der Waals surface area contributed by atoms with Gasteiger partial charge in [0.25, 0.3) is 0 Å². The summed E-state index contributed by atoms with van der Waals surface area (Å²) in [7, 11) is 0. The van der Waals surface area contributed by atoms with E-state index in [1.807, 2.05) is 60.7 Å². The number of carbonyl (C=O) groups is 1. The maximum absolute atomic E-state index is 12.8.